The number of hydrogen-bond donors (Lipinski definition) is 0. The molecule has 2 aromatic rings. The number of hydrogen-bond acceptors (Lipinski definition) is 2. The number of nitrogens with zero attached hydrogens (tertiary/aromatic N) is 2. The summed E-state index contributed by atoms with van der Waals surface area (Å²) in [4.78, 5) is 3.80. The molecule has 0 radical (unpaired) electrons. The Morgan fingerprint density at radius 3 is 2.05 bits per heavy atom. The number of para-hydroxylation sites is 1. The van der Waals surface area contributed by atoms with Crippen LogP contribution >= 0.6 is 0 Å². The van der Waals surface area contributed by atoms with E-state index in [1.165, 1.54) is 4.90 Å². The summed E-state index contributed by atoms with van der Waals surface area (Å²) < 4.78 is 54.4. The third kappa shape index (κ3) is 3.15. The molecule has 1 aromatic carbocycles. The second-order valence-corrected chi connectivity index (χ2v) is 4.51. The molecule has 2 rings (SSSR count). The lowest BCUT2D eigenvalue weighted by Crippen LogP contribution is -2.22. The Bertz CT molecular complexity index is 591. The lowest BCUT2D eigenvalue weighted by atomic mass is 10.2. The smallest absolute Gasteiger partial charge is 0.253 e. The van der Waals surface area contributed by atoms with E-state index in [0.29, 0.717) is 12.1 Å². The molecule has 0 spiro atoms. The first-order valence-electron chi connectivity index (χ1n) is 6.58. The van der Waals surface area contributed by atoms with Crippen LogP contribution in [0.4, 0.5) is 28.9 Å². The fourth-order valence-electron chi connectivity index (χ4n) is 2.01. The summed E-state index contributed by atoms with van der Waals surface area (Å²) in [6.07, 6.45) is 1.38. The van der Waals surface area contributed by atoms with Crippen molar-refractivity contribution in [2.24, 2.45) is 0 Å². The zero-order chi connectivity index (χ0) is 15.4. The number of unbranched alkanes of at least 4 members (excludes halogenated alkanes) is 1. The predicted octanol–water partition coefficient (Wildman–Crippen LogP) is 4.58. The van der Waals surface area contributed by atoms with E-state index in [0.717, 1.165) is 6.42 Å². The number of pyridine rings is 1. The van der Waals surface area contributed by atoms with Crippen molar-refractivity contribution in [3.05, 3.63) is 53.9 Å². The lowest BCUT2D eigenvalue weighted by Gasteiger charge is -2.25. The van der Waals surface area contributed by atoms with E-state index in [4.69, 9.17) is 0 Å². The van der Waals surface area contributed by atoms with Crippen LogP contribution in [0.5, 0.6) is 0 Å². The highest BCUT2D eigenvalue weighted by molar-refractivity contribution is 5.64. The van der Waals surface area contributed by atoms with E-state index in [9.17, 15) is 17.6 Å². The number of halogens is 4. The van der Waals surface area contributed by atoms with E-state index in [1.807, 2.05) is 6.92 Å². The molecule has 0 bridgehead atoms. The molecule has 0 N–H and O–H groups in total. The third-order valence-electron chi connectivity index (χ3n) is 3.05. The van der Waals surface area contributed by atoms with Crippen molar-refractivity contribution in [1.29, 1.82) is 0 Å². The van der Waals surface area contributed by atoms with Gasteiger partial charge < -0.3 is 4.90 Å². The van der Waals surface area contributed by atoms with Gasteiger partial charge in [-0.05, 0) is 18.6 Å². The fraction of sp³-hybridized carbons (Fsp3) is 0.267. The van der Waals surface area contributed by atoms with E-state index in [-0.39, 0.29) is 6.54 Å². The van der Waals surface area contributed by atoms with E-state index in [1.54, 1.807) is 30.3 Å². The minimum Gasteiger partial charge on any atom is -0.336 e. The van der Waals surface area contributed by atoms with Crippen LogP contribution in [0.25, 0.3) is 0 Å². The van der Waals surface area contributed by atoms with Gasteiger partial charge in [0.15, 0.2) is 0 Å². The molecule has 0 aliphatic rings. The van der Waals surface area contributed by atoms with Crippen LogP contribution in [0.2, 0.25) is 0 Å². The van der Waals surface area contributed by atoms with Gasteiger partial charge >= 0.3 is 0 Å². The summed E-state index contributed by atoms with van der Waals surface area (Å²) in [5, 5.41) is 0. The van der Waals surface area contributed by atoms with Gasteiger partial charge in [0, 0.05) is 12.2 Å². The molecular weight excluding hydrogens is 284 g/mol. The standard InChI is InChI=1S/C15H14F4N2/c1-2-3-9-21(10-7-5-4-6-8-10)13-11(16)14(18)20-15(19)12(13)17/h4-8H,2-3,9H2,1H3. The SMILES string of the molecule is CCCCN(c1ccccc1)c1c(F)c(F)nc(F)c1F. The Balaban J connectivity index is 2.57. The predicted molar refractivity (Wildman–Crippen MR) is 72.4 cm³/mol. The van der Waals surface area contributed by atoms with Crippen LogP contribution in [-0.2, 0) is 0 Å². The second-order valence-electron chi connectivity index (χ2n) is 4.51. The molecule has 0 saturated heterocycles. The highest BCUT2D eigenvalue weighted by atomic mass is 19.2. The van der Waals surface area contributed by atoms with Crippen LogP contribution in [0, 0.1) is 23.5 Å². The molecule has 0 amide bonds. The van der Waals surface area contributed by atoms with Crippen molar-refractivity contribution in [1.82, 2.24) is 4.98 Å². The summed E-state index contributed by atoms with van der Waals surface area (Å²) >= 11 is 0. The molecule has 21 heavy (non-hydrogen) atoms. The largest absolute Gasteiger partial charge is 0.336 e. The highest BCUT2D eigenvalue weighted by Gasteiger charge is 2.26. The summed E-state index contributed by atoms with van der Waals surface area (Å²) in [5.74, 6) is -6.29. The number of benzene rings is 1. The van der Waals surface area contributed by atoms with Gasteiger partial charge in [-0.1, -0.05) is 31.5 Å². The molecule has 1 heterocycles. The molecule has 1 aromatic heterocycles. The first kappa shape index (κ1) is 15.3. The number of aromatic nitrogens is 1. The summed E-state index contributed by atoms with van der Waals surface area (Å²) in [5.41, 5.74) is -0.298. The first-order valence-corrected chi connectivity index (χ1v) is 6.58. The zero-order valence-electron chi connectivity index (χ0n) is 11.4. The summed E-state index contributed by atoms with van der Waals surface area (Å²) in [6, 6.07) is 8.33. The van der Waals surface area contributed by atoms with Gasteiger partial charge in [0.05, 0.1) is 0 Å². The number of rotatable bonds is 5. The Morgan fingerprint density at radius 2 is 1.52 bits per heavy atom. The molecule has 2 nitrogen and oxygen atoms in total. The third-order valence-corrected chi connectivity index (χ3v) is 3.05. The van der Waals surface area contributed by atoms with Gasteiger partial charge in [-0.2, -0.15) is 22.5 Å². The molecule has 112 valence electrons. The molecule has 0 saturated carbocycles. The summed E-state index contributed by atoms with van der Waals surface area (Å²) in [7, 11) is 0. The highest BCUT2D eigenvalue weighted by Crippen LogP contribution is 2.32. The minimum absolute atomic E-state index is 0.233. The van der Waals surface area contributed by atoms with Gasteiger partial charge in [0.2, 0.25) is 11.6 Å². The Kier molecular flexibility index (Phi) is 4.77. The van der Waals surface area contributed by atoms with Crippen LogP contribution in [-0.4, -0.2) is 11.5 Å². The van der Waals surface area contributed by atoms with Gasteiger partial charge in [0.25, 0.3) is 11.9 Å². The van der Waals surface area contributed by atoms with Crippen LogP contribution < -0.4 is 4.90 Å². The first-order chi connectivity index (χ1) is 10.1. The summed E-state index contributed by atoms with van der Waals surface area (Å²) in [6.45, 7) is 2.14. The maximum absolute atomic E-state index is 13.9. The lowest BCUT2D eigenvalue weighted by molar-refractivity contribution is 0.407. The molecule has 6 heteroatoms. The van der Waals surface area contributed by atoms with Crippen LogP contribution in [0.3, 0.4) is 0 Å². The fourth-order valence-corrected chi connectivity index (χ4v) is 2.01. The van der Waals surface area contributed by atoms with Crippen LogP contribution in [0.15, 0.2) is 30.3 Å². The average Bonchev–Trinajstić information content (AvgIpc) is 2.49. The van der Waals surface area contributed by atoms with Gasteiger partial charge in [-0.3, -0.25) is 0 Å². The van der Waals surface area contributed by atoms with Crippen molar-refractivity contribution in [3.63, 3.8) is 0 Å². The average molecular weight is 298 g/mol. The quantitative estimate of drug-likeness (QED) is 0.593. The molecule has 0 atom stereocenters. The molecule has 0 unspecified atom stereocenters. The van der Waals surface area contributed by atoms with Crippen molar-refractivity contribution < 1.29 is 17.6 Å². The Labute approximate surface area is 120 Å². The Hall–Kier alpha value is -2.11. The maximum atomic E-state index is 13.9. The second kappa shape index (κ2) is 6.56. The normalized spacial score (nSPS) is 10.7. The van der Waals surface area contributed by atoms with Crippen molar-refractivity contribution >= 4 is 11.4 Å². The van der Waals surface area contributed by atoms with Crippen molar-refractivity contribution in [2.75, 3.05) is 11.4 Å². The molecule has 0 aliphatic heterocycles. The van der Waals surface area contributed by atoms with Gasteiger partial charge in [-0.25, -0.2) is 0 Å². The maximum Gasteiger partial charge on any atom is 0.253 e. The number of anilines is 2. The van der Waals surface area contributed by atoms with Gasteiger partial charge in [-0.15, -0.1) is 0 Å². The molecule has 0 aliphatic carbocycles. The Morgan fingerprint density at radius 1 is 0.952 bits per heavy atom. The van der Waals surface area contributed by atoms with E-state index in [2.05, 4.69) is 4.98 Å². The van der Waals surface area contributed by atoms with Gasteiger partial charge in [0.1, 0.15) is 5.69 Å². The monoisotopic (exact) mass is 298 g/mol. The minimum atomic E-state index is -1.65. The van der Waals surface area contributed by atoms with Crippen LogP contribution in [0.1, 0.15) is 19.8 Å². The molecule has 0 fully saturated rings. The van der Waals surface area contributed by atoms with E-state index < -0.39 is 29.2 Å². The topological polar surface area (TPSA) is 16.1 Å². The van der Waals surface area contributed by atoms with Crippen molar-refractivity contribution in [2.45, 2.75) is 19.8 Å². The van der Waals surface area contributed by atoms with Crippen molar-refractivity contribution in [3.8, 4) is 0 Å². The zero-order valence-corrected chi connectivity index (χ0v) is 11.4. The van der Waals surface area contributed by atoms with E-state index >= 15 is 0 Å². The molecular formula is C15H14F4N2.